The van der Waals surface area contributed by atoms with Gasteiger partial charge in [0.1, 0.15) is 10.7 Å². The van der Waals surface area contributed by atoms with Gasteiger partial charge in [-0.25, -0.2) is 13.4 Å². The number of amidine groups is 1. The molecule has 1 heterocycles. The maximum atomic E-state index is 12.9. The Bertz CT molecular complexity index is 758. The summed E-state index contributed by atoms with van der Waals surface area (Å²) in [4.78, 5) is 4.81. The number of sulfonamides is 1. The Kier molecular flexibility index (Phi) is 12.2. The maximum Gasteiger partial charge on any atom is 0.267 e. The molecule has 1 aromatic rings. The SMILES string of the molecule is CCCCCCCCCCCCCCCCCCN1C(C)=Nc2ccccc2S1(=O)=O. The second-order valence-corrected chi connectivity index (χ2v) is 10.8. The standard InChI is InChI=1S/C26H44N2O2S/c1-3-4-5-6-7-8-9-10-11-12-13-14-15-16-17-20-23-28-24(2)27-25-21-18-19-22-26(25)31(28,29)30/h18-19,21-22H,3-17,20,23H2,1-2H3. The molecular formula is C26H44N2O2S. The van der Waals surface area contributed by atoms with E-state index in [0.717, 1.165) is 12.8 Å². The van der Waals surface area contributed by atoms with Gasteiger partial charge in [-0.15, -0.1) is 0 Å². The summed E-state index contributed by atoms with van der Waals surface area (Å²) in [5, 5.41) is 0. The van der Waals surface area contributed by atoms with E-state index in [4.69, 9.17) is 0 Å². The minimum atomic E-state index is -3.45. The molecule has 0 N–H and O–H groups in total. The fourth-order valence-corrected chi connectivity index (χ4v) is 6.00. The molecule has 176 valence electrons. The van der Waals surface area contributed by atoms with Gasteiger partial charge in [-0.05, 0) is 25.5 Å². The highest BCUT2D eigenvalue weighted by Gasteiger charge is 2.31. The molecule has 0 radical (unpaired) electrons. The molecule has 1 aliphatic rings. The molecule has 0 bridgehead atoms. The van der Waals surface area contributed by atoms with E-state index in [9.17, 15) is 8.42 Å². The Morgan fingerprint density at radius 2 is 1.16 bits per heavy atom. The number of fused-ring (bicyclic) bond motifs is 1. The molecule has 0 saturated carbocycles. The predicted molar refractivity (Wildman–Crippen MR) is 133 cm³/mol. The van der Waals surface area contributed by atoms with E-state index in [2.05, 4.69) is 11.9 Å². The first-order valence-electron chi connectivity index (χ1n) is 12.7. The molecule has 0 saturated heterocycles. The molecule has 4 nitrogen and oxygen atoms in total. The first kappa shape index (κ1) is 25.9. The van der Waals surface area contributed by atoms with Crippen LogP contribution in [0.25, 0.3) is 0 Å². The average Bonchev–Trinajstić information content (AvgIpc) is 2.75. The number of nitrogens with zero attached hydrogens (tertiary/aromatic N) is 2. The van der Waals surface area contributed by atoms with Crippen LogP contribution in [0.5, 0.6) is 0 Å². The zero-order chi connectivity index (χ0) is 22.4. The van der Waals surface area contributed by atoms with Crippen LogP contribution in [-0.4, -0.2) is 25.1 Å². The van der Waals surface area contributed by atoms with E-state index in [1.807, 2.05) is 6.07 Å². The third kappa shape index (κ3) is 8.96. The molecule has 0 aliphatic carbocycles. The topological polar surface area (TPSA) is 49.7 Å². The number of para-hydroxylation sites is 1. The van der Waals surface area contributed by atoms with E-state index in [0.29, 0.717) is 23.0 Å². The minimum absolute atomic E-state index is 0.331. The fourth-order valence-electron chi connectivity index (χ4n) is 4.38. The second-order valence-electron chi connectivity index (χ2n) is 9.01. The monoisotopic (exact) mass is 448 g/mol. The summed E-state index contributed by atoms with van der Waals surface area (Å²) in [6, 6.07) is 7.01. The summed E-state index contributed by atoms with van der Waals surface area (Å²) in [5.41, 5.74) is 0.559. The fraction of sp³-hybridized carbons (Fsp3) is 0.731. The first-order chi connectivity index (χ1) is 15.1. The van der Waals surface area contributed by atoms with E-state index in [1.165, 1.54) is 94.2 Å². The number of rotatable bonds is 17. The van der Waals surface area contributed by atoms with Crippen molar-refractivity contribution >= 4 is 21.5 Å². The van der Waals surface area contributed by atoms with Crippen LogP contribution in [0.15, 0.2) is 34.2 Å². The Labute approximate surface area is 191 Å². The molecular weight excluding hydrogens is 404 g/mol. The van der Waals surface area contributed by atoms with Crippen LogP contribution in [0.2, 0.25) is 0 Å². The lowest BCUT2D eigenvalue weighted by atomic mass is 10.0. The first-order valence-corrected chi connectivity index (χ1v) is 14.2. The van der Waals surface area contributed by atoms with Gasteiger partial charge in [-0.1, -0.05) is 115 Å². The van der Waals surface area contributed by atoms with Gasteiger partial charge < -0.3 is 0 Å². The van der Waals surface area contributed by atoms with Crippen LogP contribution < -0.4 is 0 Å². The zero-order valence-corrected chi connectivity index (χ0v) is 20.8. The van der Waals surface area contributed by atoms with Gasteiger partial charge in [0.05, 0.1) is 5.69 Å². The highest BCUT2D eigenvalue weighted by Crippen LogP contribution is 2.32. The molecule has 0 amide bonds. The molecule has 1 aliphatic heterocycles. The van der Waals surface area contributed by atoms with Crippen LogP contribution >= 0.6 is 0 Å². The van der Waals surface area contributed by atoms with E-state index in [1.54, 1.807) is 25.1 Å². The van der Waals surface area contributed by atoms with E-state index in [-0.39, 0.29) is 0 Å². The van der Waals surface area contributed by atoms with Gasteiger partial charge in [0.2, 0.25) is 0 Å². The summed E-state index contributed by atoms with van der Waals surface area (Å²) >= 11 is 0. The molecule has 5 heteroatoms. The molecule has 0 atom stereocenters. The Morgan fingerprint density at radius 1 is 0.710 bits per heavy atom. The van der Waals surface area contributed by atoms with Crippen molar-refractivity contribution in [1.82, 2.24) is 4.31 Å². The molecule has 2 rings (SSSR count). The van der Waals surface area contributed by atoms with Crippen LogP contribution in [-0.2, 0) is 10.0 Å². The van der Waals surface area contributed by atoms with Crippen molar-refractivity contribution in [3.05, 3.63) is 24.3 Å². The third-order valence-corrected chi connectivity index (χ3v) is 8.22. The number of hydrogen-bond donors (Lipinski definition) is 0. The van der Waals surface area contributed by atoms with Crippen molar-refractivity contribution in [2.24, 2.45) is 4.99 Å². The number of aliphatic imine (C=N–C) groups is 1. The Morgan fingerprint density at radius 3 is 1.68 bits per heavy atom. The summed E-state index contributed by atoms with van der Waals surface area (Å²) in [7, 11) is -3.45. The quantitative estimate of drug-likeness (QED) is 0.227. The second kappa shape index (κ2) is 14.7. The predicted octanol–water partition coefficient (Wildman–Crippen LogP) is 8.00. The van der Waals surface area contributed by atoms with Crippen LogP contribution in [0.1, 0.15) is 117 Å². The van der Waals surface area contributed by atoms with Gasteiger partial charge in [-0.3, -0.25) is 4.31 Å². The highest BCUT2D eigenvalue weighted by atomic mass is 32.2. The minimum Gasteiger partial charge on any atom is -0.254 e. The van der Waals surface area contributed by atoms with Crippen LogP contribution in [0.4, 0.5) is 5.69 Å². The lowest BCUT2D eigenvalue weighted by Gasteiger charge is -2.28. The van der Waals surface area contributed by atoms with Crippen molar-refractivity contribution < 1.29 is 8.42 Å². The number of unbranched alkanes of at least 4 members (excludes halogenated alkanes) is 15. The lowest BCUT2D eigenvalue weighted by Crippen LogP contribution is -2.38. The summed E-state index contributed by atoms with van der Waals surface area (Å²) in [6.07, 6.45) is 21.1. The zero-order valence-electron chi connectivity index (χ0n) is 19.9. The van der Waals surface area contributed by atoms with Gasteiger partial charge in [-0.2, -0.15) is 0 Å². The number of hydrogen-bond acceptors (Lipinski definition) is 3. The third-order valence-electron chi connectivity index (χ3n) is 6.29. The van der Waals surface area contributed by atoms with E-state index < -0.39 is 10.0 Å². The summed E-state index contributed by atoms with van der Waals surface area (Å²) < 4.78 is 27.2. The molecule has 31 heavy (non-hydrogen) atoms. The number of benzene rings is 1. The molecule has 0 aromatic heterocycles. The normalized spacial score (nSPS) is 15.0. The average molecular weight is 449 g/mol. The van der Waals surface area contributed by atoms with Gasteiger partial charge >= 0.3 is 0 Å². The van der Waals surface area contributed by atoms with Crippen molar-refractivity contribution in [1.29, 1.82) is 0 Å². The Balaban J connectivity index is 1.47. The molecule has 0 unspecified atom stereocenters. The molecule has 0 fully saturated rings. The van der Waals surface area contributed by atoms with Crippen LogP contribution in [0.3, 0.4) is 0 Å². The van der Waals surface area contributed by atoms with Crippen molar-refractivity contribution in [3.8, 4) is 0 Å². The summed E-state index contributed by atoms with van der Waals surface area (Å²) in [5.74, 6) is 0.583. The molecule has 1 aromatic carbocycles. The smallest absolute Gasteiger partial charge is 0.254 e. The van der Waals surface area contributed by atoms with E-state index >= 15 is 0 Å². The van der Waals surface area contributed by atoms with Crippen LogP contribution in [0, 0.1) is 0 Å². The van der Waals surface area contributed by atoms with Gasteiger partial charge in [0, 0.05) is 6.54 Å². The Hall–Kier alpha value is -1.36. The van der Waals surface area contributed by atoms with Gasteiger partial charge in [0.25, 0.3) is 10.0 Å². The highest BCUT2D eigenvalue weighted by molar-refractivity contribution is 7.90. The largest absolute Gasteiger partial charge is 0.267 e. The maximum absolute atomic E-state index is 12.9. The van der Waals surface area contributed by atoms with Crippen molar-refractivity contribution in [3.63, 3.8) is 0 Å². The van der Waals surface area contributed by atoms with Gasteiger partial charge in [0.15, 0.2) is 0 Å². The molecule has 0 spiro atoms. The van der Waals surface area contributed by atoms with Crippen molar-refractivity contribution in [2.75, 3.05) is 6.54 Å². The lowest BCUT2D eigenvalue weighted by molar-refractivity contribution is 0.488. The summed E-state index contributed by atoms with van der Waals surface area (Å²) in [6.45, 7) is 4.60. The van der Waals surface area contributed by atoms with Crippen molar-refractivity contribution in [2.45, 2.75) is 121 Å².